The molecule has 1 atom stereocenters. The van der Waals surface area contributed by atoms with Crippen LogP contribution >= 0.6 is 34.8 Å². The fraction of sp³-hybridized carbons (Fsp3) is 0.107. The number of benzene rings is 4. The summed E-state index contributed by atoms with van der Waals surface area (Å²) in [6.45, 7) is 0.0528. The molecule has 1 unspecified atom stereocenters. The highest BCUT2D eigenvalue weighted by Gasteiger charge is 2.31. The zero-order chi connectivity index (χ0) is 26.0. The van der Waals surface area contributed by atoms with E-state index in [1.54, 1.807) is 36.4 Å². The molecule has 0 fully saturated rings. The van der Waals surface area contributed by atoms with Crippen LogP contribution in [0.1, 0.15) is 18.0 Å². The van der Waals surface area contributed by atoms with Crippen molar-refractivity contribution in [2.45, 2.75) is 17.4 Å². The van der Waals surface area contributed by atoms with Gasteiger partial charge in [-0.25, -0.2) is 13.1 Å². The Hall–Kier alpha value is -2.87. The first-order valence-electron chi connectivity index (χ1n) is 11.5. The number of sulfonamides is 1. The molecule has 0 amide bonds. The number of halogens is 3. The van der Waals surface area contributed by atoms with E-state index in [-0.39, 0.29) is 17.5 Å². The Bertz CT molecular complexity index is 1560. The van der Waals surface area contributed by atoms with Crippen molar-refractivity contribution in [2.75, 3.05) is 11.6 Å². The van der Waals surface area contributed by atoms with E-state index in [2.05, 4.69) is 4.72 Å². The van der Waals surface area contributed by atoms with Gasteiger partial charge in [-0.05, 0) is 47.5 Å². The summed E-state index contributed by atoms with van der Waals surface area (Å²) in [7, 11) is -3.82. The molecule has 1 aliphatic heterocycles. The topological polar surface area (TPSA) is 61.8 Å². The molecule has 0 radical (unpaired) electrons. The van der Waals surface area contributed by atoms with Crippen molar-refractivity contribution >= 4 is 56.2 Å². The highest BCUT2D eigenvalue weighted by atomic mass is 35.5. The van der Waals surface area contributed by atoms with E-state index in [4.69, 9.17) is 39.9 Å². The number of hydrogen-bond acceptors (Lipinski definition) is 4. The van der Waals surface area contributed by atoms with Gasteiger partial charge in [0.05, 0.1) is 33.9 Å². The Morgan fingerprint density at radius 2 is 1.51 bits per heavy atom. The van der Waals surface area contributed by atoms with Crippen LogP contribution in [0.3, 0.4) is 0 Å². The van der Waals surface area contributed by atoms with Crippen LogP contribution in [-0.2, 0) is 10.0 Å². The van der Waals surface area contributed by atoms with E-state index in [9.17, 15) is 8.42 Å². The van der Waals surface area contributed by atoms with Crippen molar-refractivity contribution < 1.29 is 8.42 Å². The van der Waals surface area contributed by atoms with Gasteiger partial charge in [-0.2, -0.15) is 5.10 Å². The minimum atomic E-state index is -3.82. The molecule has 0 saturated carbocycles. The van der Waals surface area contributed by atoms with Crippen LogP contribution < -0.4 is 9.73 Å². The molecule has 5 nitrogen and oxygen atoms in total. The maximum atomic E-state index is 13.4. The molecule has 0 saturated heterocycles. The molecule has 0 aromatic heterocycles. The molecule has 9 heteroatoms. The Balaban J connectivity index is 1.43. The lowest BCUT2D eigenvalue weighted by Gasteiger charge is -2.25. The highest BCUT2D eigenvalue weighted by Crippen LogP contribution is 2.40. The Morgan fingerprint density at radius 3 is 2.24 bits per heavy atom. The number of nitrogens with zero attached hydrogens (tertiary/aromatic N) is 2. The van der Waals surface area contributed by atoms with E-state index in [0.29, 0.717) is 38.5 Å². The molecule has 4 aromatic rings. The lowest BCUT2D eigenvalue weighted by molar-refractivity contribution is 0.586. The Kier molecular flexibility index (Phi) is 7.56. The molecule has 4 aromatic carbocycles. The second-order valence-electron chi connectivity index (χ2n) is 8.56. The minimum absolute atomic E-state index is 0.0528. The molecule has 1 heterocycles. The van der Waals surface area contributed by atoms with E-state index in [1.165, 1.54) is 0 Å². The number of rotatable bonds is 7. The molecular formula is C28H22Cl3N3O2S. The van der Waals surface area contributed by atoms with Crippen LogP contribution in [0.2, 0.25) is 15.1 Å². The average molecular weight is 571 g/mol. The quantitative estimate of drug-likeness (QED) is 0.249. The summed E-state index contributed by atoms with van der Waals surface area (Å²) in [5.74, 6) is 0. The molecule has 5 rings (SSSR count). The van der Waals surface area contributed by atoms with Crippen LogP contribution in [-0.4, -0.2) is 20.7 Å². The molecule has 0 spiro atoms. The van der Waals surface area contributed by atoms with Crippen molar-refractivity contribution in [1.82, 2.24) is 4.72 Å². The second kappa shape index (κ2) is 10.9. The van der Waals surface area contributed by atoms with Gasteiger partial charge in [0.2, 0.25) is 10.0 Å². The molecule has 188 valence electrons. The van der Waals surface area contributed by atoms with Crippen molar-refractivity contribution in [3.8, 4) is 11.1 Å². The fourth-order valence-electron chi connectivity index (χ4n) is 4.33. The number of nitrogens with one attached hydrogen (secondary N) is 1. The van der Waals surface area contributed by atoms with Crippen LogP contribution in [0.4, 0.5) is 5.69 Å². The van der Waals surface area contributed by atoms with E-state index in [0.717, 1.165) is 11.1 Å². The zero-order valence-corrected chi connectivity index (χ0v) is 22.6. The predicted molar refractivity (Wildman–Crippen MR) is 152 cm³/mol. The van der Waals surface area contributed by atoms with Gasteiger partial charge >= 0.3 is 0 Å². The van der Waals surface area contributed by atoms with Gasteiger partial charge in [0.25, 0.3) is 0 Å². The summed E-state index contributed by atoms with van der Waals surface area (Å²) >= 11 is 18.7. The summed E-state index contributed by atoms with van der Waals surface area (Å²) in [6.07, 6.45) is 0.503. The first kappa shape index (κ1) is 25.8. The predicted octanol–water partition coefficient (Wildman–Crippen LogP) is 7.60. The average Bonchev–Trinajstić information content (AvgIpc) is 3.32. The Morgan fingerprint density at radius 1 is 0.838 bits per heavy atom. The van der Waals surface area contributed by atoms with Crippen LogP contribution in [0.25, 0.3) is 11.1 Å². The first-order chi connectivity index (χ1) is 17.8. The van der Waals surface area contributed by atoms with Gasteiger partial charge in [0, 0.05) is 22.0 Å². The number of hydrazone groups is 1. The molecule has 0 bridgehead atoms. The molecule has 37 heavy (non-hydrogen) atoms. The summed E-state index contributed by atoms with van der Waals surface area (Å²) < 4.78 is 29.5. The number of anilines is 1. The summed E-state index contributed by atoms with van der Waals surface area (Å²) in [4.78, 5) is 0.214. The van der Waals surface area contributed by atoms with Crippen LogP contribution in [0, 0.1) is 0 Å². The number of hydrogen-bond donors (Lipinski definition) is 1. The summed E-state index contributed by atoms with van der Waals surface area (Å²) in [6, 6.07) is 28.9. The van der Waals surface area contributed by atoms with Crippen molar-refractivity contribution in [3.05, 3.63) is 118 Å². The molecule has 1 aliphatic rings. The highest BCUT2D eigenvalue weighted by molar-refractivity contribution is 7.89. The maximum absolute atomic E-state index is 13.4. The van der Waals surface area contributed by atoms with Crippen molar-refractivity contribution in [1.29, 1.82) is 0 Å². The SMILES string of the molecule is O=S(=O)(NCC1=NN(c2ccc(Cl)cc2Cl)C(c2ccc(Cl)cc2)C1)c1ccccc1-c1ccccc1. The van der Waals surface area contributed by atoms with Gasteiger partial charge in [0.15, 0.2) is 0 Å². The lowest BCUT2D eigenvalue weighted by atomic mass is 10.0. The van der Waals surface area contributed by atoms with E-state index < -0.39 is 10.0 Å². The van der Waals surface area contributed by atoms with Crippen molar-refractivity contribution in [3.63, 3.8) is 0 Å². The smallest absolute Gasteiger partial charge is 0.241 e. The zero-order valence-electron chi connectivity index (χ0n) is 19.5. The normalized spacial score (nSPS) is 15.6. The third-order valence-electron chi connectivity index (χ3n) is 6.11. The second-order valence-corrected chi connectivity index (χ2v) is 11.6. The van der Waals surface area contributed by atoms with Gasteiger partial charge in [-0.1, -0.05) is 95.5 Å². The molecular weight excluding hydrogens is 549 g/mol. The van der Waals surface area contributed by atoms with Crippen LogP contribution in [0.15, 0.2) is 107 Å². The van der Waals surface area contributed by atoms with E-state index in [1.807, 2.05) is 65.7 Å². The fourth-order valence-corrected chi connectivity index (χ4v) is 6.19. The summed E-state index contributed by atoms with van der Waals surface area (Å²) in [5.41, 5.74) is 3.79. The Labute approximate surface area is 231 Å². The van der Waals surface area contributed by atoms with Gasteiger partial charge in [-0.3, -0.25) is 5.01 Å². The summed E-state index contributed by atoms with van der Waals surface area (Å²) in [5, 5.41) is 8.18. The van der Waals surface area contributed by atoms with Gasteiger partial charge in [0.1, 0.15) is 0 Å². The van der Waals surface area contributed by atoms with Gasteiger partial charge in [-0.15, -0.1) is 0 Å². The molecule has 1 N–H and O–H groups in total. The largest absolute Gasteiger partial charge is 0.256 e. The maximum Gasteiger partial charge on any atom is 0.241 e. The van der Waals surface area contributed by atoms with Gasteiger partial charge < -0.3 is 0 Å². The molecule has 0 aliphatic carbocycles. The van der Waals surface area contributed by atoms with E-state index >= 15 is 0 Å². The minimum Gasteiger partial charge on any atom is -0.256 e. The first-order valence-corrected chi connectivity index (χ1v) is 14.1. The van der Waals surface area contributed by atoms with Crippen molar-refractivity contribution in [2.24, 2.45) is 5.10 Å². The third kappa shape index (κ3) is 5.69. The lowest BCUT2D eigenvalue weighted by Crippen LogP contribution is -2.29. The monoisotopic (exact) mass is 569 g/mol. The standard InChI is InChI=1S/C28H22Cl3N3O2S/c29-21-12-10-20(11-13-21)27-17-23(33-34(27)26-15-14-22(30)16-25(26)31)18-32-37(35,36)28-9-5-4-8-24(28)19-6-2-1-3-7-19/h1-16,27,32H,17-18H2. The van der Waals surface area contributed by atoms with Crippen LogP contribution in [0.5, 0.6) is 0 Å². The third-order valence-corrected chi connectivity index (χ3v) is 8.36.